The maximum Gasteiger partial charge on any atom is 0.0638 e. The van der Waals surface area contributed by atoms with Crippen molar-refractivity contribution >= 4 is 0 Å². The van der Waals surface area contributed by atoms with Gasteiger partial charge in [-0.3, -0.25) is 4.90 Å². The molecule has 0 aromatic heterocycles. The van der Waals surface area contributed by atoms with Gasteiger partial charge in [-0.25, -0.2) is 0 Å². The van der Waals surface area contributed by atoms with Crippen LogP contribution >= 0.6 is 0 Å². The van der Waals surface area contributed by atoms with Crippen molar-refractivity contribution < 1.29 is 0 Å². The van der Waals surface area contributed by atoms with Gasteiger partial charge in [0.25, 0.3) is 0 Å². The molecule has 3 nitrogen and oxygen atoms in total. The summed E-state index contributed by atoms with van der Waals surface area (Å²) in [6, 6.07) is 3.54. The van der Waals surface area contributed by atoms with Crippen LogP contribution in [0.15, 0.2) is 0 Å². The van der Waals surface area contributed by atoms with Crippen LogP contribution in [0.25, 0.3) is 0 Å². The van der Waals surface area contributed by atoms with Crippen LogP contribution in [-0.4, -0.2) is 47.6 Å². The third kappa shape index (κ3) is 2.87. The van der Waals surface area contributed by atoms with Crippen molar-refractivity contribution in [2.75, 3.05) is 20.1 Å². The molecule has 0 N–H and O–H groups in total. The largest absolute Gasteiger partial charge is 0.301 e. The van der Waals surface area contributed by atoms with Gasteiger partial charge in [0.2, 0.25) is 0 Å². The highest BCUT2D eigenvalue weighted by atomic mass is 15.3. The topological polar surface area (TPSA) is 30.3 Å². The van der Waals surface area contributed by atoms with Gasteiger partial charge < -0.3 is 4.90 Å². The fraction of sp³-hybridized carbons (Fsp3) is 0.933. The Morgan fingerprint density at radius 3 is 2.56 bits per heavy atom. The molecule has 0 aromatic carbocycles. The van der Waals surface area contributed by atoms with Crippen molar-refractivity contribution in [3.8, 4) is 6.07 Å². The van der Waals surface area contributed by atoms with E-state index in [9.17, 15) is 0 Å². The monoisotopic (exact) mass is 249 g/mol. The molecule has 2 fully saturated rings. The number of nitriles is 1. The first-order valence-corrected chi connectivity index (χ1v) is 7.38. The van der Waals surface area contributed by atoms with E-state index >= 15 is 0 Å². The molecule has 1 unspecified atom stereocenters. The molecule has 1 atom stereocenters. The molecular formula is C15H27N3. The highest BCUT2D eigenvalue weighted by Gasteiger charge is 2.38. The van der Waals surface area contributed by atoms with Crippen LogP contribution in [0, 0.1) is 11.3 Å². The van der Waals surface area contributed by atoms with Gasteiger partial charge in [0.05, 0.1) is 12.5 Å². The fourth-order valence-corrected chi connectivity index (χ4v) is 3.57. The molecule has 18 heavy (non-hydrogen) atoms. The van der Waals surface area contributed by atoms with Gasteiger partial charge in [-0.15, -0.1) is 0 Å². The van der Waals surface area contributed by atoms with E-state index in [-0.39, 0.29) is 5.54 Å². The van der Waals surface area contributed by atoms with Crippen molar-refractivity contribution in [3.63, 3.8) is 0 Å². The van der Waals surface area contributed by atoms with E-state index in [4.69, 9.17) is 5.26 Å². The molecule has 1 saturated carbocycles. The average Bonchev–Trinajstić information content (AvgIpc) is 2.81. The second kappa shape index (κ2) is 5.59. The Morgan fingerprint density at radius 2 is 1.94 bits per heavy atom. The zero-order valence-electron chi connectivity index (χ0n) is 12.2. The van der Waals surface area contributed by atoms with E-state index in [2.05, 4.69) is 36.8 Å². The zero-order chi connectivity index (χ0) is 13.2. The van der Waals surface area contributed by atoms with Gasteiger partial charge in [-0.05, 0) is 46.7 Å². The SMILES string of the molecule is CN1CCC(C)(C)N(C2CCCC2)CC1CC#N. The average molecular weight is 249 g/mol. The highest BCUT2D eigenvalue weighted by Crippen LogP contribution is 2.33. The van der Waals surface area contributed by atoms with Crippen LogP contribution in [0.2, 0.25) is 0 Å². The number of nitrogens with zero attached hydrogens (tertiary/aromatic N) is 3. The third-order valence-corrected chi connectivity index (χ3v) is 4.98. The summed E-state index contributed by atoms with van der Waals surface area (Å²) in [7, 11) is 2.18. The molecule has 1 saturated heterocycles. The Hall–Kier alpha value is -0.590. The molecule has 102 valence electrons. The highest BCUT2D eigenvalue weighted by molar-refractivity contribution is 4.96. The zero-order valence-corrected chi connectivity index (χ0v) is 12.2. The minimum atomic E-state index is 0.285. The molecule has 0 amide bonds. The Kier molecular flexibility index (Phi) is 4.29. The lowest BCUT2D eigenvalue weighted by Gasteiger charge is -2.42. The molecule has 1 aliphatic heterocycles. The first-order chi connectivity index (χ1) is 8.54. The summed E-state index contributed by atoms with van der Waals surface area (Å²) in [6.45, 7) is 6.95. The maximum absolute atomic E-state index is 9.01. The lowest BCUT2D eigenvalue weighted by molar-refractivity contribution is 0.0674. The lowest BCUT2D eigenvalue weighted by Crippen LogP contribution is -2.51. The molecule has 1 aliphatic carbocycles. The molecule has 2 aliphatic rings. The van der Waals surface area contributed by atoms with E-state index in [1.165, 1.54) is 32.1 Å². The van der Waals surface area contributed by atoms with Gasteiger partial charge in [0, 0.05) is 24.2 Å². The molecule has 3 heteroatoms. The summed E-state index contributed by atoms with van der Waals surface area (Å²) < 4.78 is 0. The maximum atomic E-state index is 9.01. The van der Waals surface area contributed by atoms with Gasteiger partial charge in [-0.1, -0.05) is 12.8 Å². The van der Waals surface area contributed by atoms with Crippen LogP contribution in [0.1, 0.15) is 52.4 Å². The van der Waals surface area contributed by atoms with Gasteiger partial charge in [0.15, 0.2) is 0 Å². The minimum absolute atomic E-state index is 0.285. The summed E-state index contributed by atoms with van der Waals surface area (Å²) in [5.74, 6) is 0. The fourth-order valence-electron chi connectivity index (χ4n) is 3.57. The van der Waals surface area contributed by atoms with Gasteiger partial charge in [0.1, 0.15) is 0 Å². The van der Waals surface area contributed by atoms with Crippen LogP contribution < -0.4 is 0 Å². The Balaban J connectivity index is 2.14. The summed E-state index contributed by atoms with van der Waals surface area (Å²) in [6.07, 6.45) is 7.35. The van der Waals surface area contributed by atoms with Crippen molar-refractivity contribution in [3.05, 3.63) is 0 Å². The molecular weight excluding hydrogens is 222 g/mol. The smallest absolute Gasteiger partial charge is 0.0638 e. The molecule has 0 aromatic rings. The second-order valence-corrected chi connectivity index (χ2v) is 6.65. The first-order valence-electron chi connectivity index (χ1n) is 7.38. The lowest BCUT2D eigenvalue weighted by atomic mass is 9.95. The number of likely N-dealkylation sites (N-methyl/N-ethyl adjacent to an activating group) is 1. The molecule has 1 heterocycles. The number of hydrogen-bond donors (Lipinski definition) is 0. The van der Waals surface area contributed by atoms with Crippen molar-refractivity contribution in [1.82, 2.24) is 9.80 Å². The van der Waals surface area contributed by atoms with E-state index in [1.807, 2.05) is 0 Å². The normalized spacial score (nSPS) is 31.1. The van der Waals surface area contributed by atoms with Crippen molar-refractivity contribution in [2.24, 2.45) is 0 Å². The molecule has 0 spiro atoms. The first kappa shape index (κ1) is 13.8. The standard InChI is InChI=1S/C15H27N3/c1-15(2)9-11-17(3)14(8-10-16)12-18(15)13-6-4-5-7-13/h13-14H,4-9,11-12H2,1-3H3. The summed E-state index contributed by atoms with van der Waals surface area (Å²) in [5, 5.41) is 9.01. The third-order valence-electron chi connectivity index (χ3n) is 4.98. The van der Waals surface area contributed by atoms with E-state index in [1.54, 1.807) is 0 Å². The summed E-state index contributed by atoms with van der Waals surface area (Å²) in [4.78, 5) is 5.10. The van der Waals surface area contributed by atoms with Crippen LogP contribution in [-0.2, 0) is 0 Å². The molecule has 0 bridgehead atoms. The summed E-state index contributed by atoms with van der Waals surface area (Å²) in [5.41, 5.74) is 0.285. The number of rotatable bonds is 2. The molecule has 0 radical (unpaired) electrons. The van der Waals surface area contributed by atoms with E-state index in [0.29, 0.717) is 12.5 Å². The van der Waals surface area contributed by atoms with Gasteiger partial charge >= 0.3 is 0 Å². The van der Waals surface area contributed by atoms with Crippen LogP contribution in [0.3, 0.4) is 0 Å². The van der Waals surface area contributed by atoms with Crippen molar-refractivity contribution in [2.45, 2.75) is 70.0 Å². The quantitative estimate of drug-likeness (QED) is 0.753. The Labute approximate surface area is 112 Å². The van der Waals surface area contributed by atoms with Crippen LogP contribution in [0.4, 0.5) is 0 Å². The van der Waals surface area contributed by atoms with Gasteiger partial charge in [-0.2, -0.15) is 5.26 Å². The van der Waals surface area contributed by atoms with E-state index in [0.717, 1.165) is 19.1 Å². The molecule has 2 rings (SSSR count). The Morgan fingerprint density at radius 1 is 1.28 bits per heavy atom. The predicted octanol–water partition coefficient (Wildman–Crippen LogP) is 2.63. The van der Waals surface area contributed by atoms with Crippen molar-refractivity contribution in [1.29, 1.82) is 5.26 Å². The Bertz CT molecular complexity index is 312. The van der Waals surface area contributed by atoms with Crippen LogP contribution in [0.5, 0.6) is 0 Å². The number of hydrogen-bond acceptors (Lipinski definition) is 3. The predicted molar refractivity (Wildman–Crippen MR) is 74.3 cm³/mol. The second-order valence-electron chi connectivity index (χ2n) is 6.65. The van der Waals surface area contributed by atoms with E-state index < -0.39 is 0 Å². The summed E-state index contributed by atoms with van der Waals surface area (Å²) >= 11 is 0. The minimum Gasteiger partial charge on any atom is -0.301 e.